The number of carbonyl (C=O) groups excluding carboxylic acids is 1. The average molecular weight is 472 g/mol. The van der Waals surface area contributed by atoms with Crippen LogP contribution >= 0.6 is 11.6 Å². The minimum Gasteiger partial charge on any atom is -0.381 e. The van der Waals surface area contributed by atoms with Gasteiger partial charge in [0.15, 0.2) is 0 Å². The number of hydrogen-bond donors (Lipinski definition) is 1. The summed E-state index contributed by atoms with van der Waals surface area (Å²) >= 11 is 6.68. The van der Waals surface area contributed by atoms with Gasteiger partial charge < -0.3 is 10.1 Å². The summed E-state index contributed by atoms with van der Waals surface area (Å²) in [5.74, 6) is 1.19. The van der Waals surface area contributed by atoms with Crippen molar-refractivity contribution in [2.75, 3.05) is 31.6 Å². The summed E-state index contributed by atoms with van der Waals surface area (Å²) in [5, 5.41) is 5.89. The molecule has 2 aromatic rings. The van der Waals surface area contributed by atoms with Crippen LogP contribution in [0.1, 0.15) is 56.4 Å². The van der Waals surface area contributed by atoms with E-state index in [4.69, 9.17) is 16.3 Å². The van der Waals surface area contributed by atoms with E-state index in [0.717, 1.165) is 74.0 Å². The zero-order valence-corrected chi connectivity index (χ0v) is 19.6. The Hall–Kier alpha value is -1.76. The minimum absolute atomic E-state index is 0.0777. The van der Waals surface area contributed by atoms with E-state index >= 15 is 0 Å². The number of nitrogens with zero attached hydrogens (tertiary/aromatic N) is 2. The second-order valence-corrected chi connectivity index (χ2v) is 11.0. The fourth-order valence-electron chi connectivity index (χ4n) is 6.33. The Labute approximate surface area is 199 Å². The van der Waals surface area contributed by atoms with Crippen LogP contribution in [0.5, 0.6) is 0 Å². The van der Waals surface area contributed by atoms with E-state index in [1.165, 1.54) is 5.56 Å². The van der Waals surface area contributed by atoms with Crippen molar-refractivity contribution in [3.63, 3.8) is 0 Å². The van der Waals surface area contributed by atoms with E-state index in [1.54, 1.807) is 6.20 Å². The summed E-state index contributed by atoms with van der Waals surface area (Å²) in [5.41, 5.74) is 1.33. The summed E-state index contributed by atoms with van der Waals surface area (Å²) in [7, 11) is 0. The van der Waals surface area contributed by atoms with Gasteiger partial charge in [0, 0.05) is 54.9 Å². The fourth-order valence-corrected chi connectivity index (χ4v) is 6.66. The van der Waals surface area contributed by atoms with Crippen LogP contribution in [0.3, 0.4) is 0 Å². The van der Waals surface area contributed by atoms with Gasteiger partial charge in [-0.2, -0.15) is 0 Å². The second kappa shape index (κ2) is 8.47. The van der Waals surface area contributed by atoms with Gasteiger partial charge in [-0.25, -0.2) is 9.37 Å². The number of nitrogens with one attached hydrogen (secondary N) is 1. The molecular weight excluding hydrogens is 441 g/mol. The molecule has 3 heterocycles. The van der Waals surface area contributed by atoms with Crippen LogP contribution in [0.2, 0.25) is 5.02 Å². The molecule has 2 aliphatic carbocycles. The molecule has 1 amide bonds. The Kier molecular flexibility index (Phi) is 5.58. The molecule has 1 N–H and O–H groups in total. The van der Waals surface area contributed by atoms with Gasteiger partial charge in [-0.1, -0.05) is 11.6 Å². The van der Waals surface area contributed by atoms with Gasteiger partial charge in [0.05, 0.1) is 0 Å². The monoisotopic (exact) mass is 471 g/mol. The van der Waals surface area contributed by atoms with Crippen LogP contribution in [0.15, 0.2) is 24.4 Å². The number of anilines is 1. The number of pyridine rings is 1. The molecule has 4 aliphatic rings. The van der Waals surface area contributed by atoms with Crippen molar-refractivity contribution < 1.29 is 13.9 Å². The first kappa shape index (κ1) is 21.8. The van der Waals surface area contributed by atoms with E-state index in [9.17, 15) is 9.18 Å². The van der Waals surface area contributed by atoms with E-state index in [2.05, 4.69) is 21.3 Å². The molecule has 2 saturated heterocycles. The lowest BCUT2D eigenvalue weighted by molar-refractivity contribution is -0.118. The van der Waals surface area contributed by atoms with E-state index in [0.29, 0.717) is 30.9 Å². The van der Waals surface area contributed by atoms with Crippen molar-refractivity contribution in [3.05, 3.63) is 35.0 Å². The summed E-state index contributed by atoms with van der Waals surface area (Å²) in [6, 6.07) is 6.66. The lowest BCUT2D eigenvalue weighted by Gasteiger charge is -2.43. The van der Waals surface area contributed by atoms with Crippen molar-refractivity contribution >= 4 is 34.1 Å². The predicted octanol–water partition coefficient (Wildman–Crippen LogP) is 5.32. The Morgan fingerprint density at radius 3 is 2.61 bits per heavy atom. The smallest absolute Gasteiger partial charge is 0.229 e. The molecule has 0 radical (unpaired) electrons. The first-order chi connectivity index (χ1) is 16.0. The third-order valence-corrected chi connectivity index (χ3v) is 8.93. The zero-order valence-electron chi connectivity index (χ0n) is 18.9. The fraction of sp³-hybridized carbons (Fsp3) is 0.615. The molecule has 176 valence electrons. The quantitative estimate of drug-likeness (QED) is 0.655. The molecule has 33 heavy (non-hydrogen) atoms. The van der Waals surface area contributed by atoms with Crippen molar-refractivity contribution in [1.82, 2.24) is 9.88 Å². The van der Waals surface area contributed by atoms with Crippen LogP contribution in [0.25, 0.3) is 10.8 Å². The van der Waals surface area contributed by atoms with Gasteiger partial charge in [-0.05, 0) is 85.4 Å². The van der Waals surface area contributed by atoms with E-state index in [1.807, 2.05) is 12.1 Å². The third kappa shape index (κ3) is 4.15. The molecule has 1 aromatic heterocycles. The van der Waals surface area contributed by atoms with Crippen molar-refractivity contribution in [2.24, 2.45) is 11.3 Å². The highest BCUT2D eigenvalue weighted by atomic mass is 35.5. The van der Waals surface area contributed by atoms with E-state index < -0.39 is 6.17 Å². The number of fused-ring (bicyclic) bond motifs is 1. The van der Waals surface area contributed by atoms with Crippen LogP contribution < -0.4 is 5.32 Å². The SMILES string of the molecule is O=C(Nc1cc2cc(C3CCC(N4CC(F)C4)CC3)c(Cl)cc2cn1)[C@@H]1CC12CCOCC2. The number of likely N-dealkylation sites (tertiary alicyclic amines) is 1. The lowest BCUT2D eigenvalue weighted by atomic mass is 9.80. The molecule has 7 heteroatoms. The van der Waals surface area contributed by atoms with Crippen molar-refractivity contribution in [2.45, 2.75) is 63.1 Å². The Morgan fingerprint density at radius 2 is 1.88 bits per heavy atom. The Bertz CT molecular complexity index is 1060. The van der Waals surface area contributed by atoms with Gasteiger partial charge in [0.2, 0.25) is 5.91 Å². The highest BCUT2D eigenvalue weighted by Crippen LogP contribution is 2.59. The van der Waals surface area contributed by atoms with Gasteiger partial charge in [-0.15, -0.1) is 0 Å². The van der Waals surface area contributed by atoms with Crippen molar-refractivity contribution in [3.8, 4) is 0 Å². The molecule has 5 nitrogen and oxygen atoms in total. The normalized spacial score (nSPS) is 29.7. The number of halogens is 2. The molecule has 6 rings (SSSR count). The number of benzene rings is 1. The van der Waals surface area contributed by atoms with E-state index in [-0.39, 0.29) is 17.2 Å². The first-order valence-electron chi connectivity index (χ1n) is 12.4. The largest absolute Gasteiger partial charge is 0.381 e. The first-order valence-corrected chi connectivity index (χ1v) is 12.7. The molecule has 1 spiro atoms. The van der Waals surface area contributed by atoms with Gasteiger partial charge in [-0.3, -0.25) is 9.69 Å². The molecule has 1 atom stereocenters. The van der Waals surface area contributed by atoms with Crippen LogP contribution in [-0.2, 0) is 9.53 Å². The standard InChI is InChI=1S/C26H31ClFN3O2/c27-23-10-18-13-29-24(30-25(32)22-12-26(22)5-7-33-8-6-26)11-17(18)9-21(23)16-1-3-20(4-2-16)31-14-19(28)15-31/h9-11,13,16,19-20,22H,1-8,12,14-15H2,(H,29,30,32)/t16?,20?,22-/m0/s1. The molecule has 2 aliphatic heterocycles. The topological polar surface area (TPSA) is 54.5 Å². The summed E-state index contributed by atoms with van der Waals surface area (Å²) in [6.45, 7) is 2.72. The molecule has 1 aromatic carbocycles. The molecule has 0 bridgehead atoms. The summed E-state index contributed by atoms with van der Waals surface area (Å²) in [4.78, 5) is 19.6. The Morgan fingerprint density at radius 1 is 1.12 bits per heavy atom. The maximum atomic E-state index is 13.2. The summed E-state index contributed by atoms with van der Waals surface area (Å²) < 4.78 is 18.7. The Balaban J connectivity index is 1.14. The number of ether oxygens (including phenoxy) is 1. The number of carbonyl (C=O) groups is 1. The maximum absolute atomic E-state index is 13.2. The van der Waals surface area contributed by atoms with Crippen LogP contribution in [-0.4, -0.2) is 54.3 Å². The minimum atomic E-state index is -0.636. The number of hydrogen-bond acceptors (Lipinski definition) is 4. The molecule has 2 saturated carbocycles. The summed E-state index contributed by atoms with van der Waals surface area (Å²) in [6.07, 6.45) is 8.42. The number of rotatable bonds is 4. The average Bonchev–Trinajstić information content (AvgIpc) is 3.50. The predicted molar refractivity (Wildman–Crippen MR) is 127 cm³/mol. The highest BCUT2D eigenvalue weighted by molar-refractivity contribution is 6.32. The van der Waals surface area contributed by atoms with Crippen LogP contribution in [0.4, 0.5) is 10.2 Å². The third-order valence-electron chi connectivity index (χ3n) is 8.60. The van der Waals surface area contributed by atoms with Crippen molar-refractivity contribution in [1.29, 1.82) is 0 Å². The van der Waals surface area contributed by atoms with Crippen LogP contribution in [0, 0.1) is 11.3 Å². The van der Waals surface area contributed by atoms with Gasteiger partial charge in [0.25, 0.3) is 0 Å². The molecule has 0 unspecified atom stereocenters. The van der Waals surface area contributed by atoms with Gasteiger partial charge >= 0.3 is 0 Å². The second-order valence-electron chi connectivity index (χ2n) is 10.6. The molecular formula is C26H31ClFN3O2. The molecule has 4 fully saturated rings. The number of aromatic nitrogens is 1. The van der Waals surface area contributed by atoms with Gasteiger partial charge in [0.1, 0.15) is 12.0 Å². The maximum Gasteiger partial charge on any atom is 0.229 e. The zero-order chi connectivity index (χ0) is 22.6. The highest BCUT2D eigenvalue weighted by Gasteiger charge is 2.58. The number of amides is 1. The number of alkyl halides is 1. The lowest BCUT2D eigenvalue weighted by Crippen LogP contribution is -2.54.